The van der Waals surface area contributed by atoms with Gasteiger partial charge in [0.2, 0.25) is 5.91 Å². The summed E-state index contributed by atoms with van der Waals surface area (Å²) in [6.07, 6.45) is 0. The lowest BCUT2D eigenvalue weighted by molar-refractivity contribution is -0.384. The first-order valence-corrected chi connectivity index (χ1v) is 4.91. The zero-order valence-electron chi connectivity index (χ0n) is 9.29. The van der Waals surface area contributed by atoms with Gasteiger partial charge in [0.05, 0.1) is 11.5 Å². The van der Waals surface area contributed by atoms with Gasteiger partial charge in [0.1, 0.15) is 5.75 Å². The fourth-order valence-electron chi connectivity index (χ4n) is 1.05. The Kier molecular flexibility index (Phi) is 4.61. The number of carbonyl (C=O) groups is 2. The first kappa shape index (κ1) is 13.4. The fourth-order valence-corrected chi connectivity index (χ4v) is 1.05. The molecular weight excluding hydrogens is 242 g/mol. The molecule has 8 heteroatoms. The number of nitro groups is 1. The van der Waals surface area contributed by atoms with Gasteiger partial charge in [-0.25, -0.2) is 0 Å². The molecule has 0 atom stereocenters. The second kappa shape index (κ2) is 6.18. The van der Waals surface area contributed by atoms with Crippen LogP contribution >= 0.6 is 0 Å². The van der Waals surface area contributed by atoms with Crippen LogP contribution < -0.4 is 15.8 Å². The number of ether oxygens (including phenoxy) is 1. The number of benzene rings is 1. The van der Waals surface area contributed by atoms with Crippen LogP contribution in [0.4, 0.5) is 5.69 Å². The number of nitrogens with zero attached hydrogens (tertiary/aromatic N) is 1. The molecular formula is C10H11N3O5. The summed E-state index contributed by atoms with van der Waals surface area (Å²) in [5, 5.41) is 12.6. The lowest BCUT2D eigenvalue weighted by atomic mass is 10.3. The first-order valence-electron chi connectivity index (χ1n) is 4.91. The lowest BCUT2D eigenvalue weighted by Crippen LogP contribution is -2.36. The monoisotopic (exact) mass is 253 g/mol. The Morgan fingerprint density at radius 1 is 1.33 bits per heavy atom. The summed E-state index contributed by atoms with van der Waals surface area (Å²) in [5.74, 6) is -0.847. The molecule has 0 radical (unpaired) electrons. The minimum absolute atomic E-state index is 0.0690. The third-order valence-electron chi connectivity index (χ3n) is 1.88. The van der Waals surface area contributed by atoms with E-state index in [0.29, 0.717) is 5.75 Å². The molecule has 2 amide bonds. The predicted molar refractivity (Wildman–Crippen MR) is 60.8 cm³/mol. The highest BCUT2D eigenvalue weighted by Crippen LogP contribution is 2.16. The number of hydrogen-bond donors (Lipinski definition) is 2. The van der Waals surface area contributed by atoms with Gasteiger partial charge < -0.3 is 15.8 Å². The Labute approximate surface area is 102 Å². The number of nitrogens with one attached hydrogen (secondary N) is 1. The van der Waals surface area contributed by atoms with Crippen molar-refractivity contribution in [1.82, 2.24) is 5.32 Å². The highest BCUT2D eigenvalue weighted by Gasteiger charge is 2.06. The molecule has 0 unspecified atom stereocenters. The Hall–Kier alpha value is -2.64. The zero-order chi connectivity index (χ0) is 13.5. The fraction of sp³-hybridized carbons (Fsp3) is 0.200. The van der Waals surface area contributed by atoms with E-state index in [1.807, 2.05) is 0 Å². The highest BCUT2D eigenvalue weighted by molar-refractivity contribution is 5.84. The molecule has 0 aromatic heterocycles. The van der Waals surface area contributed by atoms with E-state index < -0.39 is 16.7 Å². The molecule has 0 bridgehead atoms. The normalized spacial score (nSPS) is 9.56. The summed E-state index contributed by atoms with van der Waals surface area (Å²) in [5.41, 5.74) is 4.77. The van der Waals surface area contributed by atoms with Gasteiger partial charge in [-0.05, 0) is 12.1 Å². The molecule has 1 aromatic rings. The zero-order valence-corrected chi connectivity index (χ0v) is 9.29. The number of primary amides is 1. The van der Waals surface area contributed by atoms with E-state index in [4.69, 9.17) is 10.5 Å². The summed E-state index contributed by atoms with van der Waals surface area (Å²) >= 11 is 0. The molecule has 0 aliphatic carbocycles. The minimum atomic E-state index is -0.654. The molecule has 0 fully saturated rings. The molecule has 0 spiro atoms. The summed E-state index contributed by atoms with van der Waals surface area (Å²) in [4.78, 5) is 31.4. The molecule has 8 nitrogen and oxygen atoms in total. The number of nitro benzene ring substituents is 1. The summed E-state index contributed by atoms with van der Waals surface area (Å²) in [7, 11) is 0. The van der Waals surface area contributed by atoms with Gasteiger partial charge in [0.15, 0.2) is 6.61 Å². The van der Waals surface area contributed by atoms with Crippen molar-refractivity contribution in [1.29, 1.82) is 0 Å². The predicted octanol–water partition coefficient (Wildman–Crippen LogP) is -0.425. The second-order valence-electron chi connectivity index (χ2n) is 3.28. The third-order valence-corrected chi connectivity index (χ3v) is 1.88. The van der Waals surface area contributed by atoms with Gasteiger partial charge in [0, 0.05) is 12.1 Å². The smallest absolute Gasteiger partial charge is 0.269 e. The first-order chi connectivity index (χ1) is 8.49. The van der Waals surface area contributed by atoms with Gasteiger partial charge in [-0.1, -0.05) is 0 Å². The molecule has 18 heavy (non-hydrogen) atoms. The van der Waals surface area contributed by atoms with E-state index in [0.717, 1.165) is 0 Å². The number of carbonyl (C=O) groups excluding carboxylic acids is 2. The summed E-state index contributed by atoms with van der Waals surface area (Å²) in [6, 6.07) is 5.27. The van der Waals surface area contributed by atoms with Crippen molar-refractivity contribution in [2.45, 2.75) is 0 Å². The Morgan fingerprint density at radius 2 is 1.94 bits per heavy atom. The highest BCUT2D eigenvalue weighted by atomic mass is 16.6. The second-order valence-corrected chi connectivity index (χ2v) is 3.28. The molecule has 1 rings (SSSR count). The van der Waals surface area contributed by atoms with Crippen LogP contribution in [-0.4, -0.2) is 29.9 Å². The standard InChI is InChI=1S/C10H11N3O5/c11-9(14)5-12-10(15)6-18-8-3-1-7(2-4-8)13(16)17/h1-4H,5-6H2,(H2,11,14)(H,12,15). The van der Waals surface area contributed by atoms with Crippen molar-refractivity contribution < 1.29 is 19.2 Å². The van der Waals surface area contributed by atoms with Crippen LogP contribution in [0, 0.1) is 10.1 Å². The van der Waals surface area contributed by atoms with Crippen molar-refractivity contribution >= 4 is 17.5 Å². The van der Waals surface area contributed by atoms with Crippen LogP contribution in [0.15, 0.2) is 24.3 Å². The number of nitrogens with two attached hydrogens (primary N) is 1. The van der Waals surface area contributed by atoms with Gasteiger partial charge in [0.25, 0.3) is 11.6 Å². The Bertz CT molecular complexity index is 457. The van der Waals surface area contributed by atoms with Gasteiger partial charge in [-0.3, -0.25) is 19.7 Å². The number of non-ortho nitro benzene ring substituents is 1. The SMILES string of the molecule is NC(=O)CNC(=O)COc1ccc([N+](=O)[O-])cc1. The maximum Gasteiger partial charge on any atom is 0.269 e. The maximum absolute atomic E-state index is 11.1. The van der Waals surface area contributed by atoms with Crippen LogP contribution in [0.5, 0.6) is 5.75 Å². The average Bonchev–Trinajstić information content (AvgIpc) is 2.34. The molecule has 0 saturated carbocycles. The Morgan fingerprint density at radius 3 is 2.44 bits per heavy atom. The quantitative estimate of drug-likeness (QED) is 0.526. The topological polar surface area (TPSA) is 125 Å². The van der Waals surface area contributed by atoms with E-state index >= 15 is 0 Å². The Balaban J connectivity index is 2.41. The van der Waals surface area contributed by atoms with Crippen LogP contribution in [0.2, 0.25) is 0 Å². The largest absolute Gasteiger partial charge is 0.484 e. The van der Waals surface area contributed by atoms with Crippen molar-refractivity contribution in [2.24, 2.45) is 5.73 Å². The van der Waals surface area contributed by atoms with Crippen LogP contribution in [0.25, 0.3) is 0 Å². The molecule has 96 valence electrons. The van der Waals surface area contributed by atoms with E-state index in [2.05, 4.69) is 5.32 Å². The molecule has 0 saturated heterocycles. The van der Waals surface area contributed by atoms with Crippen LogP contribution in [0.3, 0.4) is 0 Å². The lowest BCUT2D eigenvalue weighted by Gasteiger charge is -2.05. The van der Waals surface area contributed by atoms with E-state index in [1.165, 1.54) is 24.3 Å². The van der Waals surface area contributed by atoms with E-state index in [1.54, 1.807) is 0 Å². The van der Waals surface area contributed by atoms with E-state index in [-0.39, 0.29) is 18.8 Å². The maximum atomic E-state index is 11.1. The number of hydrogen-bond acceptors (Lipinski definition) is 5. The third kappa shape index (κ3) is 4.47. The summed E-state index contributed by atoms with van der Waals surface area (Å²) < 4.78 is 5.05. The van der Waals surface area contributed by atoms with Crippen molar-refractivity contribution in [3.8, 4) is 5.75 Å². The average molecular weight is 253 g/mol. The van der Waals surface area contributed by atoms with Crippen LogP contribution in [0.1, 0.15) is 0 Å². The molecule has 0 aliphatic rings. The van der Waals surface area contributed by atoms with Crippen LogP contribution in [-0.2, 0) is 9.59 Å². The molecule has 0 aliphatic heterocycles. The van der Waals surface area contributed by atoms with Gasteiger partial charge in [-0.2, -0.15) is 0 Å². The van der Waals surface area contributed by atoms with Crippen molar-refractivity contribution in [3.63, 3.8) is 0 Å². The van der Waals surface area contributed by atoms with Gasteiger partial charge >= 0.3 is 0 Å². The molecule has 1 aromatic carbocycles. The minimum Gasteiger partial charge on any atom is -0.484 e. The summed E-state index contributed by atoms with van der Waals surface area (Å²) in [6.45, 7) is -0.562. The van der Waals surface area contributed by atoms with Crippen molar-refractivity contribution in [2.75, 3.05) is 13.2 Å². The molecule has 0 heterocycles. The van der Waals surface area contributed by atoms with E-state index in [9.17, 15) is 19.7 Å². The van der Waals surface area contributed by atoms with Gasteiger partial charge in [-0.15, -0.1) is 0 Å². The molecule has 3 N–H and O–H groups in total. The number of amides is 2. The van der Waals surface area contributed by atoms with Crippen molar-refractivity contribution in [3.05, 3.63) is 34.4 Å². The number of rotatable bonds is 6.